The Labute approximate surface area is 154 Å². The van der Waals surface area contributed by atoms with Gasteiger partial charge < -0.3 is 5.11 Å². The van der Waals surface area contributed by atoms with Gasteiger partial charge in [-0.05, 0) is 11.1 Å². The van der Waals surface area contributed by atoms with E-state index in [4.69, 9.17) is 0 Å². The minimum Gasteiger partial charge on any atom is -0.872 e. The molecule has 1 nitrogen and oxygen atoms in total. The predicted molar refractivity (Wildman–Crippen MR) is 76.3 cm³/mol. The summed E-state index contributed by atoms with van der Waals surface area (Å²) in [4.78, 5) is 0. The van der Waals surface area contributed by atoms with Crippen LogP contribution in [-0.4, -0.2) is 0 Å². The first-order valence-corrected chi connectivity index (χ1v) is 7.34. The lowest BCUT2D eigenvalue weighted by Gasteiger charge is -2.21. The first kappa shape index (κ1) is 20.5. The maximum atomic E-state index is 14.0. The van der Waals surface area contributed by atoms with Crippen molar-refractivity contribution in [3.63, 3.8) is 0 Å². The van der Waals surface area contributed by atoms with Gasteiger partial charge in [0.1, 0.15) is 0 Å². The molecule has 0 spiro atoms. The molecule has 0 bridgehead atoms. The van der Waals surface area contributed by atoms with E-state index < -0.39 is 86.2 Å². The van der Waals surface area contributed by atoms with E-state index in [1.807, 2.05) is 0 Å². The van der Waals surface area contributed by atoms with Gasteiger partial charge in [-0.15, -0.1) is 0 Å². The van der Waals surface area contributed by atoms with E-state index in [9.17, 15) is 49.0 Å². The molecule has 11 heteroatoms. The van der Waals surface area contributed by atoms with Crippen molar-refractivity contribution in [3.8, 4) is 28.0 Å². The standard InChI is InChI=1S/C18H4F10O/c19-8-6(9(20)13(24)16(27)12(8)23)4-2-1-3-5(18(4)29)7-10(21)14(25)17(28)15(26)11(7)22/h1-3,29H/p-1. The summed E-state index contributed by atoms with van der Waals surface area (Å²) in [6, 6.07) is 1.80. The number of hydrogen-bond donors (Lipinski definition) is 0. The summed E-state index contributed by atoms with van der Waals surface area (Å²) in [5, 5.41) is 12.4. The minimum absolute atomic E-state index is 0.552. The smallest absolute Gasteiger partial charge is 0.200 e. The normalized spacial score (nSPS) is 11.2. The molecular formula is C18H3F10O-. The van der Waals surface area contributed by atoms with E-state index in [-0.39, 0.29) is 0 Å². The summed E-state index contributed by atoms with van der Waals surface area (Å²) < 4.78 is 136. The summed E-state index contributed by atoms with van der Waals surface area (Å²) in [5.41, 5.74) is -5.95. The van der Waals surface area contributed by atoms with Gasteiger partial charge in [0.2, 0.25) is 11.6 Å². The molecule has 3 aromatic rings. The van der Waals surface area contributed by atoms with Gasteiger partial charge in [0, 0.05) is 0 Å². The van der Waals surface area contributed by atoms with Crippen molar-refractivity contribution in [1.29, 1.82) is 0 Å². The Hall–Kier alpha value is -3.24. The highest BCUT2D eigenvalue weighted by atomic mass is 19.2. The zero-order valence-electron chi connectivity index (χ0n) is 13.4. The Kier molecular flexibility index (Phi) is 4.93. The molecule has 3 rings (SSSR count). The van der Waals surface area contributed by atoms with Crippen LogP contribution in [0, 0.1) is 58.2 Å². The zero-order valence-corrected chi connectivity index (χ0v) is 13.4. The molecule has 0 N–H and O–H groups in total. The van der Waals surface area contributed by atoms with Gasteiger partial charge in [-0.2, -0.15) is 0 Å². The van der Waals surface area contributed by atoms with E-state index >= 15 is 0 Å². The number of hydrogen-bond acceptors (Lipinski definition) is 1. The van der Waals surface area contributed by atoms with Gasteiger partial charge in [0.15, 0.2) is 46.5 Å². The summed E-state index contributed by atoms with van der Waals surface area (Å²) in [6.07, 6.45) is 0. The molecule has 0 radical (unpaired) electrons. The van der Waals surface area contributed by atoms with Crippen LogP contribution < -0.4 is 5.11 Å². The van der Waals surface area contributed by atoms with Crippen LogP contribution in [-0.2, 0) is 0 Å². The van der Waals surface area contributed by atoms with Gasteiger partial charge in [-0.3, -0.25) is 0 Å². The number of para-hydroxylation sites is 1. The third kappa shape index (κ3) is 2.88. The average molecular weight is 425 g/mol. The molecule has 0 aliphatic rings. The topological polar surface area (TPSA) is 23.1 Å². The maximum absolute atomic E-state index is 14.0. The van der Waals surface area contributed by atoms with Crippen LogP contribution in [0.25, 0.3) is 22.3 Å². The van der Waals surface area contributed by atoms with Crippen LogP contribution in [0.15, 0.2) is 18.2 Å². The van der Waals surface area contributed by atoms with Crippen LogP contribution in [0.4, 0.5) is 43.9 Å². The zero-order chi connectivity index (χ0) is 21.8. The van der Waals surface area contributed by atoms with Crippen molar-refractivity contribution in [2.24, 2.45) is 0 Å². The first-order chi connectivity index (χ1) is 13.5. The number of halogens is 10. The lowest BCUT2D eigenvalue weighted by molar-refractivity contribution is -0.266. The second-order valence-electron chi connectivity index (χ2n) is 5.57. The predicted octanol–water partition coefficient (Wildman–Crippen LogP) is 5.49. The van der Waals surface area contributed by atoms with E-state index in [2.05, 4.69) is 0 Å². The summed E-state index contributed by atoms with van der Waals surface area (Å²) in [5.74, 6) is -26.1. The van der Waals surface area contributed by atoms with Gasteiger partial charge in [-0.1, -0.05) is 23.9 Å². The van der Waals surface area contributed by atoms with E-state index in [1.165, 1.54) is 0 Å². The Morgan fingerprint density at radius 1 is 0.414 bits per heavy atom. The quantitative estimate of drug-likeness (QED) is 0.303. The van der Waals surface area contributed by atoms with E-state index in [0.29, 0.717) is 18.2 Å². The Balaban J connectivity index is 2.40. The molecular weight excluding hydrogens is 422 g/mol. The molecule has 29 heavy (non-hydrogen) atoms. The van der Waals surface area contributed by atoms with Crippen LogP contribution in [0.1, 0.15) is 0 Å². The molecule has 0 heterocycles. The van der Waals surface area contributed by atoms with Crippen LogP contribution >= 0.6 is 0 Å². The lowest BCUT2D eigenvalue weighted by atomic mass is 9.95. The molecule has 152 valence electrons. The summed E-state index contributed by atoms with van der Waals surface area (Å²) in [6.45, 7) is 0. The van der Waals surface area contributed by atoms with Crippen LogP contribution in [0.3, 0.4) is 0 Å². The van der Waals surface area contributed by atoms with Crippen molar-refractivity contribution in [2.45, 2.75) is 0 Å². The third-order valence-corrected chi connectivity index (χ3v) is 3.97. The van der Waals surface area contributed by atoms with Crippen molar-refractivity contribution in [3.05, 3.63) is 76.4 Å². The lowest BCUT2D eigenvalue weighted by Crippen LogP contribution is -2.08. The highest BCUT2D eigenvalue weighted by Gasteiger charge is 2.30. The van der Waals surface area contributed by atoms with Gasteiger partial charge in [0.25, 0.3) is 0 Å². The molecule has 0 aliphatic heterocycles. The Morgan fingerprint density at radius 3 is 0.931 bits per heavy atom. The average Bonchev–Trinajstić information content (AvgIpc) is 2.70. The molecule has 3 aromatic carbocycles. The van der Waals surface area contributed by atoms with Gasteiger partial charge in [0.05, 0.1) is 11.1 Å². The van der Waals surface area contributed by atoms with Gasteiger partial charge in [-0.25, -0.2) is 43.9 Å². The largest absolute Gasteiger partial charge is 0.872 e. The van der Waals surface area contributed by atoms with Crippen molar-refractivity contribution in [2.75, 3.05) is 0 Å². The van der Waals surface area contributed by atoms with E-state index in [0.717, 1.165) is 0 Å². The number of benzene rings is 3. The Bertz CT molecular complexity index is 1030. The van der Waals surface area contributed by atoms with Crippen molar-refractivity contribution in [1.82, 2.24) is 0 Å². The highest BCUT2D eigenvalue weighted by molar-refractivity contribution is 5.82. The van der Waals surface area contributed by atoms with Crippen molar-refractivity contribution < 1.29 is 49.0 Å². The monoisotopic (exact) mass is 425 g/mol. The van der Waals surface area contributed by atoms with Crippen LogP contribution in [0.5, 0.6) is 5.75 Å². The first-order valence-electron chi connectivity index (χ1n) is 7.34. The van der Waals surface area contributed by atoms with Gasteiger partial charge >= 0.3 is 0 Å². The molecule has 0 aliphatic carbocycles. The SMILES string of the molecule is [O-]c1c(-c2c(F)c(F)c(F)c(F)c2F)cccc1-c1c(F)c(F)c(F)c(F)c1F. The molecule has 0 unspecified atom stereocenters. The van der Waals surface area contributed by atoms with E-state index in [1.54, 1.807) is 0 Å². The minimum atomic E-state index is -2.52. The summed E-state index contributed by atoms with van der Waals surface area (Å²) >= 11 is 0. The van der Waals surface area contributed by atoms with Crippen molar-refractivity contribution >= 4 is 0 Å². The fourth-order valence-electron chi connectivity index (χ4n) is 2.61. The number of rotatable bonds is 2. The molecule has 0 aromatic heterocycles. The second kappa shape index (κ2) is 6.98. The molecule has 0 fully saturated rings. The molecule has 0 atom stereocenters. The molecule has 0 saturated carbocycles. The van der Waals surface area contributed by atoms with Crippen LogP contribution in [0.2, 0.25) is 0 Å². The molecule has 0 amide bonds. The second-order valence-corrected chi connectivity index (χ2v) is 5.57. The maximum Gasteiger partial charge on any atom is 0.200 e. The molecule has 0 saturated heterocycles. The fraction of sp³-hybridized carbons (Fsp3) is 0. The highest BCUT2D eigenvalue weighted by Crippen LogP contribution is 2.42. The fourth-order valence-corrected chi connectivity index (χ4v) is 2.61. The summed E-state index contributed by atoms with van der Waals surface area (Å²) in [7, 11) is 0. The third-order valence-electron chi connectivity index (χ3n) is 3.97. The Morgan fingerprint density at radius 2 is 0.655 bits per heavy atom.